The summed E-state index contributed by atoms with van der Waals surface area (Å²) in [6, 6.07) is 9.89. The van der Waals surface area contributed by atoms with Gasteiger partial charge in [0.05, 0.1) is 0 Å². The fourth-order valence-corrected chi connectivity index (χ4v) is 2.85. The number of para-hydroxylation sites is 1. The quantitative estimate of drug-likeness (QED) is 0.886. The summed E-state index contributed by atoms with van der Waals surface area (Å²) in [5.41, 5.74) is 0.476. The molecule has 2 N–H and O–H groups in total. The number of anilines is 1. The van der Waals surface area contributed by atoms with E-state index in [1.165, 1.54) is 6.07 Å². The second-order valence-electron chi connectivity index (χ2n) is 3.76. The number of nitrogens with one attached hydrogen (secondary N) is 1. The highest BCUT2D eigenvalue weighted by atomic mass is 32.2. The summed E-state index contributed by atoms with van der Waals surface area (Å²) in [7, 11) is -3.69. The molecule has 0 saturated carbocycles. The van der Waals surface area contributed by atoms with E-state index < -0.39 is 10.0 Å². The van der Waals surface area contributed by atoms with Crippen molar-refractivity contribution < 1.29 is 17.9 Å². The van der Waals surface area contributed by atoms with Gasteiger partial charge in [0.25, 0.3) is 10.0 Å². The Morgan fingerprint density at radius 1 is 1.28 bits per heavy atom. The second kappa shape index (κ2) is 4.83. The number of sulfonamides is 1. The summed E-state index contributed by atoms with van der Waals surface area (Å²) >= 11 is 0. The Kier molecular flexibility index (Phi) is 3.40. The van der Waals surface area contributed by atoms with Gasteiger partial charge in [-0.3, -0.25) is 4.72 Å². The molecule has 0 spiro atoms. The Balaban J connectivity index is 2.34. The molecule has 1 heterocycles. The Bertz CT molecular complexity index is 631. The molecular formula is C12H13NO4S. The van der Waals surface area contributed by atoms with Crippen LogP contribution in [-0.2, 0) is 16.6 Å². The molecule has 2 aromatic rings. The minimum absolute atomic E-state index is 0.0374. The zero-order valence-electron chi connectivity index (χ0n) is 9.75. The van der Waals surface area contributed by atoms with Gasteiger partial charge in [0, 0.05) is 11.8 Å². The SMILES string of the molecule is Cc1oc(CO)cc1S(=O)(=O)Nc1ccccc1. The lowest BCUT2D eigenvalue weighted by Crippen LogP contribution is -2.13. The van der Waals surface area contributed by atoms with Crippen molar-refractivity contribution in [3.8, 4) is 0 Å². The normalized spacial score (nSPS) is 11.4. The van der Waals surface area contributed by atoms with Gasteiger partial charge in [0.15, 0.2) is 0 Å². The van der Waals surface area contributed by atoms with Crippen LogP contribution in [0.1, 0.15) is 11.5 Å². The summed E-state index contributed by atoms with van der Waals surface area (Å²) in [6.45, 7) is 1.21. The molecule has 18 heavy (non-hydrogen) atoms. The van der Waals surface area contributed by atoms with Crippen LogP contribution in [0.2, 0.25) is 0 Å². The van der Waals surface area contributed by atoms with Crippen molar-refractivity contribution in [2.75, 3.05) is 4.72 Å². The number of benzene rings is 1. The van der Waals surface area contributed by atoms with Gasteiger partial charge in [-0.05, 0) is 19.1 Å². The zero-order valence-corrected chi connectivity index (χ0v) is 10.6. The van der Waals surface area contributed by atoms with Gasteiger partial charge in [0.2, 0.25) is 0 Å². The molecule has 0 aliphatic carbocycles. The molecule has 0 aliphatic heterocycles. The van der Waals surface area contributed by atoms with E-state index in [4.69, 9.17) is 9.52 Å². The van der Waals surface area contributed by atoms with Crippen molar-refractivity contribution in [3.05, 3.63) is 47.9 Å². The van der Waals surface area contributed by atoms with Gasteiger partial charge < -0.3 is 9.52 Å². The molecule has 2 rings (SSSR count). The van der Waals surface area contributed by atoms with Crippen molar-refractivity contribution >= 4 is 15.7 Å². The Labute approximate surface area is 105 Å². The monoisotopic (exact) mass is 267 g/mol. The molecule has 1 aromatic heterocycles. The van der Waals surface area contributed by atoms with Crippen LogP contribution < -0.4 is 4.72 Å². The number of rotatable bonds is 4. The molecular weight excluding hydrogens is 254 g/mol. The van der Waals surface area contributed by atoms with Crippen molar-refractivity contribution in [3.63, 3.8) is 0 Å². The average molecular weight is 267 g/mol. The summed E-state index contributed by atoms with van der Waals surface area (Å²) in [4.78, 5) is 0.0374. The lowest BCUT2D eigenvalue weighted by atomic mass is 10.3. The average Bonchev–Trinajstić information content (AvgIpc) is 2.72. The third kappa shape index (κ3) is 2.55. The lowest BCUT2D eigenvalue weighted by Gasteiger charge is -2.06. The van der Waals surface area contributed by atoms with E-state index in [-0.39, 0.29) is 23.0 Å². The van der Waals surface area contributed by atoms with Gasteiger partial charge in [0.1, 0.15) is 23.0 Å². The third-order valence-electron chi connectivity index (χ3n) is 2.39. The molecule has 0 fully saturated rings. The molecule has 96 valence electrons. The third-order valence-corrected chi connectivity index (χ3v) is 3.88. The number of aliphatic hydroxyl groups is 1. The number of furan rings is 1. The maximum Gasteiger partial charge on any atom is 0.265 e. The number of hydrogen-bond donors (Lipinski definition) is 2. The highest BCUT2D eigenvalue weighted by Crippen LogP contribution is 2.22. The van der Waals surface area contributed by atoms with Crippen molar-refractivity contribution in [1.82, 2.24) is 0 Å². The van der Waals surface area contributed by atoms with E-state index in [1.807, 2.05) is 0 Å². The first kappa shape index (κ1) is 12.7. The first-order valence-corrected chi connectivity index (χ1v) is 6.79. The first-order valence-electron chi connectivity index (χ1n) is 5.31. The van der Waals surface area contributed by atoms with Crippen LogP contribution in [0.25, 0.3) is 0 Å². The Morgan fingerprint density at radius 2 is 1.94 bits per heavy atom. The van der Waals surface area contributed by atoms with Crippen LogP contribution in [0.15, 0.2) is 45.7 Å². The van der Waals surface area contributed by atoms with Crippen molar-refractivity contribution in [2.24, 2.45) is 0 Å². The predicted molar refractivity (Wildman–Crippen MR) is 66.6 cm³/mol. The molecule has 0 radical (unpaired) electrons. The summed E-state index contributed by atoms with van der Waals surface area (Å²) in [5, 5.41) is 8.92. The molecule has 0 unspecified atom stereocenters. The zero-order chi connectivity index (χ0) is 13.2. The minimum Gasteiger partial charge on any atom is -0.462 e. The number of aryl methyl sites for hydroxylation is 1. The summed E-state index contributed by atoms with van der Waals surface area (Å²) < 4.78 is 31.8. The number of aliphatic hydroxyl groups excluding tert-OH is 1. The highest BCUT2D eigenvalue weighted by Gasteiger charge is 2.21. The van der Waals surface area contributed by atoms with E-state index in [1.54, 1.807) is 37.3 Å². The first-order chi connectivity index (χ1) is 8.53. The van der Waals surface area contributed by atoms with Crippen LogP contribution in [0.5, 0.6) is 0 Å². The summed E-state index contributed by atoms with van der Waals surface area (Å²) in [6.07, 6.45) is 0. The lowest BCUT2D eigenvalue weighted by molar-refractivity contribution is 0.245. The molecule has 5 nitrogen and oxygen atoms in total. The van der Waals surface area contributed by atoms with E-state index in [2.05, 4.69) is 4.72 Å². The van der Waals surface area contributed by atoms with Crippen LogP contribution in [-0.4, -0.2) is 13.5 Å². The van der Waals surface area contributed by atoms with E-state index in [0.29, 0.717) is 5.69 Å². The van der Waals surface area contributed by atoms with Gasteiger partial charge in [-0.25, -0.2) is 8.42 Å². The molecule has 0 amide bonds. The standard InChI is InChI=1S/C12H13NO4S/c1-9-12(7-11(8-14)17-9)18(15,16)13-10-5-3-2-4-6-10/h2-7,13-14H,8H2,1H3. The highest BCUT2D eigenvalue weighted by molar-refractivity contribution is 7.92. The van der Waals surface area contributed by atoms with E-state index >= 15 is 0 Å². The van der Waals surface area contributed by atoms with Gasteiger partial charge in [-0.1, -0.05) is 18.2 Å². The molecule has 0 bridgehead atoms. The largest absolute Gasteiger partial charge is 0.462 e. The maximum absolute atomic E-state index is 12.1. The molecule has 1 aromatic carbocycles. The summed E-state index contributed by atoms with van der Waals surface area (Å²) in [5.74, 6) is 0.475. The smallest absolute Gasteiger partial charge is 0.265 e. The molecule has 6 heteroatoms. The van der Waals surface area contributed by atoms with E-state index in [9.17, 15) is 8.42 Å². The molecule has 0 aliphatic rings. The number of hydrogen-bond acceptors (Lipinski definition) is 4. The molecule has 0 atom stereocenters. The van der Waals surface area contributed by atoms with Crippen LogP contribution >= 0.6 is 0 Å². The minimum atomic E-state index is -3.69. The Hall–Kier alpha value is -1.79. The van der Waals surface area contributed by atoms with Gasteiger partial charge >= 0.3 is 0 Å². The van der Waals surface area contributed by atoms with Crippen LogP contribution in [0.3, 0.4) is 0 Å². The second-order valence-corrected chi connectivity index (χ2v) is 5.41. The van der Waals surface area contributed by atoms with Crippen LogP contribution in [0.4, 0.5) is 5.69 Å². The fourth-order valence-electron chi connectivity index (χ4n) is 1.59. The van der Waals surface area contributed by atoms with Crippen LogP contribution in [0, 0.1) is 6.92 Å². The Morgan fingerprint density at radius 3 is 2.50 bits per heavy atom. The van der Waals surface area contributed by atoms with E-state index in [0.717, 1.165) is 0 Å². The predicted octanol–water partition coefficient (Wildman–Crippen LogP) is 1.88. The van der Waals surface area contributed by atoms with Crippen molar-refractivity contribution in [1.29, 1.82) is 0 Å². The molecule has 0 saturated heterocycles. The topological polar surface area (TPSA) is 79.5 Å². The maximum atomic E-state index is 12.1. The van der Waals surface area contributed by atoms with Crippen molar-refractivity contribution in [2.45, 2.75) is 18.4 Å². The van der Waals surface area contributed by atoms with Gasteiger partial charge in [-0.2, -0.15) is 0 Å². The fraction of sp³-hybridized carbons (Fsp3) is 0.167. The van der Waals surface area contributed by atoms with Gasteiger partial charge in [-0.15, -0.1) is 0 Å².